The van der Waals surface area contributed by atoms with Crippen LogP contribution in [0.2, 0.25) is 0 Å². The Hall–Kier alpha value is -2.41. The first kappa shape index (κ1) is 17.4. The Kier molecular flexibility index (Phi) is 5.33. The van der Waals surface area contributed by atoms with Crippen LogP contribution in [0.3, 0.4) is 0 Å². The molecule has 7 heteroatoms. The van der Waals surface area contributed by atoms with E-state index >= 15 is 0 Å². The van der Waals surface area contributed by atoms with Gasteiger partial charge in [0.15, 0.2) is 5.13 Å². The molecule has 1 unspecified atom stereocenters. The summed E-state index contributed by atoms with van der Waals surface area (Å²) in [5, 5.41) is 15.2. The lowest BCUT2D eigenvalue weighted by molar-refractivity contribution is -0.121. The molecule has 0 spiro atoms. The number of benzene rings is 1. The van der Waals surface area contributed by atoms with Gasteiger partial charge in [-0.2, -0.15) is 0 Å². The first-order valence-corrected chi connectivity index (χ1v) is 9.28. The molecule has 1 atom stereocenters. The van der Waals surface area contributed by atoms with Crippen LogP contribution in [-0.4, -0.2) is 39.9 Å². The molecular formula is C18H21N3O3S. The molecule has 0 aliphatic carbocycles. The second-order valence-electron chi connectivity index (χ2n) is 6.12. The molecule has 0 bridgehead atoms. The van der Waals surface area contributed by atoms with Crippen molar-refractivity contribution in [3.63, 3.8) is 0 Å². The van der Waals surface area contributed by atoms with E-state index in [1.165, 1.54) is 11.3 Å². The fourth-order valence-electron chi connectivity index (χ4n) is 3.01. The Bertz CT molecular complexity index is 761. The molecule has 1 saturated heterocycles. The van der Waals surface area contributed by atoms with Crippen LogP contribution in [0.15, 0.2) is 29.8 Å². The number of nitrogens with zero attached hydrogens (tertiary/aromatic N) is 2. The highest BCUT2D eigenvalue weighted by Crippen LogP contribution is 2.25. The minimum Gasteiger partial charge on any atom is -0.507 e. The van der Waals surface area contributed by atoms with Crippen molar-refractivity contribution >= 4 is 28.3 Å². The molecule has 2 heterocycles. The summed E-state index contributed by atoms with van der Waals surface area (Å²) in [5.74, 6) is -0.617. The van der Waals surface area contributed by atoms with Crippen molar-refractivity contribution in [1.29, 1.82) is 0 Å². The number of phenolic OH excluding ortho intramolecular Hbond substituents is 1. The summed E-state index contributed by atoms with van der Waals surface area (Å²) in [4.78, 5) is 30.9. The van der Waals surface area contributed by atoms with Crippen LogP contribution >= 0.6 is 11.3 Å². The maximum atomic E-state index is 12.8. The van der Waals surface area contributed by atoms with Crippen LogP contribution in [0, 0.1) is 5.92 Å². The molecule has 25 heavy (non-hydrogen) atoms. The maximum absolute atomic E-state index is 12.8. The van der Waals surface area contributed by atoms with E-state index in [2.05, 4.69) is 10.3 Å². The fourth-order valence-corrected chi connectivity index (χ4v) is 3.54. The fraction of sp³-hybridized carbons (Fsp3) is 0.389. The van der Waals surface area contributed by atoms with Gasteiger partial charge in [-0.25, -0.2) is 4.98 Å². The van der Waals surface area contributed by atoms with E-state index in [1.54, 1.807) is 28.6 Å². The Morgan fingerprint density at radius 3 is 3.00 bits per heavy atom. The number of phenols is 1. The first-order chi connectivity index (χ1) is 12.1. The third-order valence-corrected chi connectivity index (χ3v) is 5.13. The minimum absolute atomic E-state index is 0.0171. The minimum atomic E-state index is -0.266. The number of piperidine rings is 1. The predicted molar refractivity (Wildman–Crippen MR) is 96.9 cm³/mol. The second kappa shape index (κ2) is 7.65. The van der Waals surface area contributed by atoms with E-state index < -0.39 is 0 Å². The Labute approximate surface area is 150 Å². The summed E-state index contributed by atoms with van der Waals surface area (Å²) in [7, 11) is 0. The Morgan fingerprint density at radius 2 is 2.28 bits per heavy atom. The highest BCUT2D eigenvalue weighted by molar-refractivity contribution is 7.13. The number of carbonyl (C=O) groups excluding carboxylic acids is 2. The molecule has 2 aromatic rings. The number of hydrogen-bond acceptors (Lipinski definition) is 5. The lowest BCUT2D eigenvalue weighted by atomic mass is 9.96. The van der Waals surface area contributed by atoms with Gasteiger partial charge in [-0.3, -0.25) is 9.59 Å². The third kappa shape index (κ3) is 3.99. The van der Waals surface area contributed by atoms with Crippen molar-refractivity contribution in [2.24, 2.45) is 5.92 Å². The maximum Gasteiger partial charge on any atom is 0.257 e. The van der Waals surface area contributed by atoms with Crippen LogP contribution in [0.1, 0.15) is 35.7 Å². The van der Waals surface area contributed by atoms with Crippen LogP contribution in [0.4, 0.5) is 5.13 Å². The van der Waals surface area contributed by atoms with Gasteiger partial charge in [-0.1, -0.05) is 13.0 Å². The van der Waals surface area contributed by atoms with Crippen molar-refractivity contribution in [3.8, 4) is 5.75 Å². The summed E-state index contributed by atoms with van der Waals surface area (Å²) in [6, 6.07) is 5.10. The molecule has 2 N–H and O–H groups in total. The number of amides is 2. The quantitative estimate of drug-likeness (QED) is 0.879. The lowest BCUT2D eigenvalue weighted by Gasteiger charge is -2.32. The largest absolute Gasteiger partial charge is 0.507 e. The second-order valence-corrected chi connectivity index (χ2v) is 7.02. The molecule has 1 aromatic carbocycles. The van der Waals surface area contributed by atoms with Gasteiger partial charge in [0.2, 0.25) is 5.91 Å². The molecule has 1 aliphatic rings. The van der Waals surface area contributed by atoms with Gasteiger partial charge in [0, 0.05) is 24.7 Å². The number of hydrogen-bond donors (Lipinski definition) is 2. The van der Waals surface area contributed by atoms with Crippen LogP contribution in [0.25, 0.3) is 0 Å². The number of rotatable bonds is 4. The number of carbonyl (C=O) groups is 2. The number of aryl methyl sites for hydroxylation is 1. The molecule has 1 aliphatic heterocycles. The summed E-state index contributed by atoms with van der Waals surface area (Å²) in [6.45, 7) is 2.95. The SMILES string of the molecule is CCc1ccc(O)c(C(=O)N2CCCC(C(=O)Nc3nccs3)C2)c1. The van der Waals surface area contributed by atoms with E-state index in [1.807, 2.05) is 13.0 Å². The van der Waals surface area contributed by atoms with Gasteiger partial charge in [0.25, 0.3) is 5.91 Å². The summed E-state index contributed by atoms with van der Waals surface area (Å²) in [6.07, 6.45) is 3.93. The summed E-state index contributed by atoms with van der Waals surface area (Å²) < 4.78 is 0. The number of aromatic hydroxyl groups is 1. The molecule has 132 valence electrons. The van der Waals surface area contributed by atoms with Gasteiger partial charge < -0.3 is 15.3 Å². The van der Waals surface area contributed by atoms with Gasteiger partial charge in [0.1, 0.15) is 5.75 Å². The van der Waals surface area contributed by atoms with E-state index in [9.17, 15) is 14.7 Å². The molecule has 0 radical (unpaired) electrons. The van der Waals surface area contributed by atoms with Gasteiger partial charge in [0.05, 0.1) is 11.5 Å². The van der Waals surface area contributed by atoms with Crippen molar-refractivity contribution in [2.45, 2.75) is 26.2 Å². The average Bonchev–Trinajstić information content (AvgIpc) is 3.14. The average molecular weight is 359 g/mol. The topological polar surface area (TPSA) is 82.5 Å². The Balaban J connectivity index is 1.70. The number of anilines is 1. The molecule has 1 fully saturated rings. The molecule has 0 saturated carbocycles. The highest BCUT2D eigenvalue weighted by atomic mass is 32.1. The van der Waals surface area contributed by atoms with Crippen LogP contribution in [-0.2, 0) is 11.2 Å². The van der Waals surface area contributed by atoms with Gasteiger partial charge >= 0.3 is 0 Å². The number of nitrogens with one attached hydrogen (secondary N) is 1. The van der Waals surface area contributed by atoms with E-state index in [0.29, 0.717) is 23.8 Å². The molecular weight excluding hydrogens is 338 g/mol. The van der Waals surface area contributed by atoms with Crippen molar-refractivity contribution in [1.82, 2.24) is 9.88 Å². The zero-order valence-corrected chi connectivity index (χ0v) is 14.9. The lowest BCUT2D eigenvalue weighted by Crippen LogP contribution is -2.43. The van der Waals surface area contributed by atoms with Crippen LogP contribution in [0.5, 0.6) is 5.75 Å². The number of thiazole rings is 1. The molecule has 3 rings (SSSR count). The summed E-state index contributed by atoms with van der Waals surface area (Å²) in [5.41, 5.74) is 1.30. The Morgan fingerprint density at radius 1 is 1.44 bits per heavy atom. The monoisotopic (exact) mass is 359 g/mol. The van der Waals surface area contributed by atoms with E-state index in [4.69, 9.17) is 0 Å². The predicted octanol–water partition coefficient (Wildman–Crippen LogP) is 2.90. The smallest absolute Gasteiger partial charge is 0.257 e. The molecule has 1 aromatic heterocycles. The third-order valence-electron chi connectivity index (χ3n) is 4.44. The normalized spacial score (nSPS) is 17.3. The van der Waals surface area contributed by atoms with Crippen molar-refractivity contribution < 1.29 is 14.7 Å². The van der Waals surface area contributed by atoms with Gasteiger partial charge in [-0.15, -0.1) is 11.3 Å². The van der Waals surface area contributed by atoms with Gasteiger partial charge in [-0.05, 0) is 37.0 Å². The van der Waals surface area contributed by atoms with E-state index in [0.717, 1.165) is 24.8 Å². The highest BCUT2D eigenvalue weighted by Gasteiger charge is 2.30. The zero-order valence-electron chi connectivity index (χ0n) is 14.1. The standard InChI is InChI=1S/C18H21N3O3S/c1-2-12-5-6-15(22)14(10-12)17(24)21-8-3-4-13(11-21)16(23)20-18-19-7-9-25-18/h5-7,9-10,13,22H,2-4,8,11H2,1H3,(H,19,20,23). The number of aromatic nitrogens is 1. The number of likely N-dealkylation sites (tertiary alicyclic amines) is 1. The summed E-state index contributed by atoms with van der Waals surface area (Å²) >= 11 is 1.37. The zero-order chi connectivity index (χ0) is 17.8. The molecule has 2 amide bonds. The first-order valence-electron chi connectivity index (χ1n) is 8.40. The molecule has 6 nitrogen and oxygen atoms in total. The van der Waals surface area contributed by atoms with E-state index in [-0.39, 0.29) is 23.5 Å². The van der Waals surface area contributed by atoms with Crippen molar-refractivity contribution in [2.75, 3.05) is 18.4 Å². The van der Waals surface area contributed by atoms with Crippen molar-refractivity contribution in [3.05, 3.63) is 40.9 Å². The van der Waals surface area contributed by atoms with Crippen LogP contribution < -0.4 is 5.32 Å².